The van der Waals surface area contributed by atoms with E-state index in [2.05, 4.69) is 5.32 Å². The van der Waals surface area contributed by atoms with Crippen LogP contribution in [0.15, 0.2) is 78.9 Å². The van der Waals surface area contributed by atoms with Gasteiger partial charge in [0.05, 0.1) is 18.6 Å². The van der Waals surface area contributed by atoms with E-state index in [1.54, 1.807) is 36.4 Å². The number of benzene rings is 3. The molecule has 3 aromatic carbocycles. The Kier molecular flexibility index (Phi) is 11.5. The van der Waals surface area contributed by atoms with E-state index in [1.807, 2.05) is 49.4 Å². The average molecular weight is 626 g/mol. The Morgan fingerprint density at radius 1 is 0.953 bits per heavy atom. The lowest BCUT2D eigenvalue weighted by atomic mass is 9.94. The van der Waals surface area contributed by atoms with Crippen LogP contribution in [0, 0.1) is 0 Å². The number of amides is 2. The number of nitrogens with zero attached hydrogens (tertiary/aromatic N) is 2. The summed E-state index contributed by atoms with van der Waals surface area (Å²) in [6.45, 7) is 1.88. The molecule has 1 N–H and O–H groups in total. The third kappa shape index (κ3) is 9.21. The van der Waals surface area contributed by atoms with Crippen LogP contribution in [0.3, 0.4) is 0 Å². The fourth-order valence-electron chi connectivity index (χ4n) is 5.40. The zero-order valence-corrected chi connectivity index (χ0v) is 26.3. The van der Waals surface area contributed by atoms with Crippen molar-refractivity contribution in [1.82, 2.24) is 10.2 Å². The number of ether oxygens (including phenoxy) is 1. The Labute approximate surface area is 260 Å². The Bertz CT molecular complexity index is 1460. The van der Waals surface area contributed by atoms with E-state index in [0.29, 0.717) is 28.6 Å². The molecule has 10 heteroatoms. The zero-order chi connectivity index (χ0) is 30.8. The summed E-state index contributed by atoms with van der Waals surface area (Å²) in [5.74, 6) is -0.184. The standard InChI is InChI=1S/C33H40ClN3O5S/c1-3-42-29-20-18-28(19-21-29)37(43(2,40)41)24-32(38)36(23-26-14-10-11-17-30(26)34)31(22-25-12-6-4-7-13-25)33(39)35-27-15-8-5-9-16-27/h4,6-7,10-14,17-21,27,31H,3,5,8-9,15-16,22-24H2,1-2H3,(H,35,39)/t31-/m0/s1. The number of carbonyl (C=O) groups excluding carboxylic acids is 2. The summed E-state index contributed by atoms with van der Waals surface area (Å²) >= 11 is 6.53. The molecule has 230 valence electrons. The molecular weight excluding hydrogens is 586 g/mol. The zero-order valence-electron chi connectivity index (χ0n) is 24.7. The van der Waals surface area contributed by atoms with Gasteiger partial charge in [0, 0.05) is 24.0 Å². The lowest BCUT2D eigenvalue weighted by Gasteiger charge is -2.35. The molecule has 0 spiro atoms. The van der Waals surface area contributed by atoms with E-state index in [9.17, 15) is 18.0 Å². The number of rotatable bonds is 13. The molecule has 0 unspecified atom stereocenters. The maximum atomic E-state index is 14.3. The van der Waals surface area contributed by atoms with Crippen LogP contribution in [-0.4, -0.2) is 56.6 Å². The third-order valence-electron chi connectivity index (χ3n) is 7.64. The van der Waals surface area contributed by atoms with E-state index in [-0.39, 0.29) is 24.9 Å². The molecule has 0 radical (unpaired) electrons. The molecule has 1 fully saturated rings. The number of hydrogen-bond donors (Lipinski definition) is 1. The minimum Gasteiger partial charge on any atom is -0.494 e. The van der Waals surface area contributed by atoms with Gasteiger partial charge in [-0.05, 0) is 61.2 Å². The van der Waals surface area contributed by atoms with Gasteiger partial charge in [-0.3, -0.25) is 13.9 Å². The maximum absolute atomic E-state index is 14.3. The summed E-state index contributed by atoms with van der Waals surface area (Å²) < 4.78 is 32.5. The largest absolute Gasteiger partial charge is 0.494 e. The lowest BCUT2D eigenvalue weighted by molar-refractivity contribution is -0.140. The first kappa shape index (κ1) is 32.4. The van der Waals surface area contributed by atoms with Crippen LogP contribution in [0.4, 0.5) is 5.69 Å². The Morgan fingerprint density at radius 3 is 2.23 bits per heavy atom. The molecule has 0 heterocycles. The van der Waals surface area contributed by atoms with E-state index in [0.717, 1.165) is 48.2 Å². The number of sulfonamides is 1. The van der Waals surface area contributed by atoms with Gasteiger partial charge < -0.3 is 15.0 Å². The van der Waals surface area contributed by atoms with E-state index in [1.165, 1.54) is 4.90 Å². The topological polar surface area (TPSA) is 96.0 Å². The van der Waals surface area contributed by atoms with Crippen LogP contribution >= 0.6 is 11.6 Å². The van der Waals surface area contributed by atoms with Gasteiger partial charge in [-0.25, -0.2) is 8.42 Å². The maximum Gasteiger partial charge on any atom is 0.244 e. The van der Waals surface area contributed by atoms with Crippen molar-refractivity contribution in [2.45, 2.75) is 64.1 Å². The van der Waals surface area contributed by atoms with Crippen LogP contribution in [0.25, 0.3) is 0 Å². The minimum atomic E-state index is -3.86. The van der Waals surface area contributed by atoms with E-state index < -0.39 is 28.5 Å². The van der Waals surface area contributed by atoms with Gasteiger partial charge in [-0.2, -0.15) is 0 Å². The predicted molar refractivity (Wildman–Crippen MR) is 171 cm³/mol. The molecule has 1 aliphatic carbocycles. The minimum absolute atomic E-state index is 0.0353. The molecule has 43 heavy (non-hydrogen) atoms. The molecule has 1 aliphatic rings. The van der Waals surface area contributed by atoms with Crippen molar-refractivity contribution in [3.63, 3.8) is 0 Å². The summed E-state index contributed by atoms with van der Waals surface area (Å²) in [4.78, 5) is 29.7. The van der Waals surface area contributed by atoms with Gasteiger partial charge in [0.25, 0.3) is 0 Å². The highest BCUT2D eigenvalue weighted by atomic mass is 35.5. The van der Waals surface area contributed by atoms with Gasteiger partial charge in [-0.1, -0.05) is 79.4 Å². The SMILES string of the molecule is CCOc1ccc(N(CC(=O)N(Cc2ccccc2Cl)[C@@H](Cc2ccccc2)C(=O)NC2CCCCC2)S(C)(=O)=O)cc1. The lowest BCUT2D eigenvalue weighted by Crippen LogP contribution is -2.55. The summed E-state index contributed by atoms with van der Waals surface area (Å²) in [6.07, 6.45) is 6.33. The fraction of sp³-hybridized carbons (Fsp3) is 0.394. The quantitative estimate of drug-likeness (QED) is 0.267. The molecule has 2 amide bonds. The van der Waals surface area contributed by atoms with E-state index >= 15 is 0 Å². The number of nitrogens with one attached hydrogen (secondary N) is 1. The first-order chi connectivity index (χ1) is 20.7. The normalized spacial score (nSPS) is 14.5. The molecule has 4 rings (SSSR count). The van der Waals surface area contributed by atoms with Crippen molar-refractivity contribution in [2.75, 3.05) is 23.7 Å². The Balaban J connectivity index is 1.71. The highest BCUT2D eigenvalue weighted by Gasteiger charge is 2.34. The second-order valence-corrected chi connectivity index (χ2v) is 13.2. The summed E-state index contributed by atoms with van der Waals surface area (Å²) in [5, 5.41) is 3.65. The highest BCUT2D eigenvalue weighted by Crippen LogP contribution is 2.25. The first-order valence-electron chi connectivity index (χ1n) is 14.7. The average Bonchev–Trinajstić information content (AvgIpc) is 2.99. The van der Waals surface area contributed by atoms with Crippen molar-refractivity contribution in [3.05, 3.63) is 95.0 Å². The Hall–Kier alpha value is -3.56. The molecule has 1 saturated carbocycles. The van der Waals surface area contributed by atoms with Gasteiger partial charge >= 0.3 is 0 Å². The van der Waals surface area contributed by atoms with Crippen molar-refractivity contribution in [3.8, 4) is 5.75 Å². The molecule has 0 aromatic heterocycles. The van der Waals surface area contributed by atoms with Crippen molar-refractivity contribution in [1.29, 1.82) is 0 Å². The van der Waals surface area contributed by atoms with Gasteiger partial charge in [-0.15, -0.1) is 0 Å². The number of hydrogen-bond acceptors (Lipinski definition) is 5. The van der Waals surface area contributed by atoms with Crippen LogP contribution in [-0.2, 0) is 32.6 Å². The fourth-order valence-corrected chi connectivity index (χ4v) is 6.44. The van der Waals surface area contributed by atoms with Crippen LogP contribution < -0.4 is 14.4 Å². The van der Waals surface area contributed by atoms with Gasteiger partial charge in [0.15, 0.2) is 0 Å². The Morgan fingerprint density at radius 2 is 1.60 bits per heavy atom. The van der Waals surface area contributed by atoms with E-state index in [4.69, 9.17) is 16.3 Å². The second-order valence-electron chi connectivity index (χ2n) is 10.9. The summed E-state index contributed by atoms with van der Waals surface area (Å²) in [5.41, 5.74) is 1.87. The molecule has 0 bridgehead atoms. The third-order valence-corrected chi connectivity index (χ3v) is 9.15. The van der Waals surface area contributed by atoms with Gasteiger partial charge in [0.2, 0.25) is 21.8 Å². The monoisotopic (exact) mass is 625 g/mol. The van der Waals surface area contributed by atoms with Crippen LogP contribution in [0.2, 0.25) is 5.02 Å². The van der Waals surface area contributed by atoms with Crippen LogP contribution in [0.5, 0.6) is 5.75 Å². The molecular formula is C33H40ClN3O5S. The van der Waals surface area contributed by atoms with Crippen LogP contribution in [0.1, 0.15) is 50.2 Å². The molecule has 1 atom stereocenters. The van der Waals surface area contributed by atoms with Crippen molar-refractivity contribution < 1.29 is 22.7 Å². The van der Waals surface area contributed by atoms with Crippen molar-refractivity contribution >= 4 is 39.1 Å². The second kappa shape index (κ2) is 15.3. The summed E-state index contributed by atoms with van der Waals surface area (Å²) in [6, 6.07) is 22.4. The molecule has 0 aliphatic heterocycles. The summed E-state index contributed by atoms with van der Waals surface area (Å²) in [7, 11) is -3.86. The number of halogens is 1. The van der Waals surface area contributed by atoms with Crippen molar-refractivity contribution in [2.24, 2.45) is 0 Å². The first-order valence-corrected chi connectivity index (χ1v) is 17.0. The number of anilines is 1. The predicted octanol–water partition coefficient (Wildman–Crippen LogP) is 5.59. The molecule has 8 nitrogen and oxygen atoms in total. The van der Waals surface area contributed by atoms with Gasteiger partial charge in [0.1, 0.15) is 18.3 Å². The molecule has 3 aromatic rings. The number of carbonyl (C=O) groups is 2. The smallest absolute Gasteiger partial charge is 0.244 e. The molecule has 0 saturated heterocycles. The highest BCUT2D eigenvalue weighted by molar-refractivity contribution is 7.92.